The van der Waals surface area contributed by atoms with Crippen molar-refractivity contribution in [3.63, 3.8) is 0 Å². The van der Waals surface area contributed by atoms with Crippen LogP contribution in [0.15, 0.2) is 60.1 Å². The van der Waals surface area contributed by atoms with Crippen LogP contribution in [-0.2, 0) is 5.41 Å². The molecule has 4 N–H and O–H groups in total. The average Bonchev–Trinajstić information content (AvgIpc) is 3.22. The van der Waals surface area contributed by atoms with E-state index in [0.717, 1.165) is 0 Å². The highest BCUT2D eigenvalue weighted by atomic mass is 19.5. The zero-order chi connectivity index (χ0) is 61.9. The highest BCUT2D eigenvalue weighted by molar-refractivity contribution is 5.61. The minimum absolute atomic E-state index is 0.569. The van der Waals surface area contributed by atoms with Crippen LogP contribution < -0.4 is 20.9 Å². The summed E-state index contributed by atoms with van der Waals surface area (Å²) >= 11 is 0. The number of ether oxygens (including phenoxy) is 2. The van der Waals surface area contributed by atoms with E-state index in [0.29, 0.717) is 0 Å². The van der Waals surface area contributed by atoms with E-state index in [9.17, 15) is 176 Å². The number of alkyl halides is 36. The summed E-state index contributed by atoms with van der Waals surface area (Å²) in [7, 11) is 0. The second kappa shape index (κ2) is 18.7. The monoisotopic (exact) mass is 1230 g/mol. The van der Waals surface area contributed by atoms with Gasteiger partial charge in [0.2, 0.25) is 17.1 Å². The molecule has 0 amide bonds. The summed E-state index contributed by atoms with van der Waals surface area (Å²) < 4.78 is 559. The van der Waals surface area contributed by atoms with E-state index < -0.39 is 195 Å². The smallest absolute Gasteiger partial charge is 0.427 e. The Hall–Kier alpha value is -5.68. The molecule has 0 aliphatic heterocycles. The third-order valence-electron chi connectivity index (χ3n) is 9.69. The van der Waals surface area contributed by atoms with Crippen LogP contribution in [0.1, 0.15) is 11.1 Å². The Morgan fingerprint density at radius 1 is 0.286 bits per heavy atom. The van der Waals surface area contributed by atoms with Crippen molar-refractivity contribution >= 4 is 11.4 Å². The number of hydrogen-bond donors (Lipinski definition) is 2. The van der Waals surface area contributed by atoms with Crippen molar-refractivity contribution in [2.45, 2.75) is 101 Å². The second-order valence-electron chi connectivity index (χ2n) is 14.5. The first-order chi connectivity index (χ1) is 33.4. The zero-order valence-corrected chi connectivity index (χ0v) is 34.1. The van der Waals surface area contributed by atoms with Gasteiger partial charge in [0.15, 0.2) is 11.5 Å². The van der Waals surface area contributed by atoms with Crippen LogP contribution in [0.4, 0.5) is 187 Å². The topological polar surface area (TPSA) is 70.5 Å². The van der Waals surface area contributed by atoms with E-state index in [4.69, 9.17) is 11.5 Å². The summed E-state index contributed by atoms with van der Waals surface area (Å²) in [6, 6.07) is -14.2. The minimum atomic E-state index is -9.17. The van der Waals surface area contributed by atoms with Gasteiger partial charge in [-0.2, -0.15) is 176 Å². The molecule has 0 aliphatic carbocycles. The van der Waals surface area contributed by atoms with E-state index in [2.05, 4.69) is 9.47 Å². The maximum atomic E-state index is 14.8. The molecule has 0 spiro atoms. The summed E-state index contributed by atoms with van der Waals surface area (Å²) in [6.07, 6.45) is -31.1. The van der Waals surface area contributed by atoms with E-state index in [1.165, 1.54) is 0 Å². The molecule has 0 aromatic heterocycles. The Morgan fingerprint density at radius 2 is 0.494 bits per heavy atom. The van der Waals surface area contributed by atoms with Crippen LogP contribution in [0.2, 0.25) is 0 Å². The number of anilines is 2. The molecule has 0 bridgehead atoms. The van der Waals surface area contributed by atoms with Gasteiger partial charge in [-0.25, -0.2) is 0 Å². The van der Waals surface area contributed by atoms with Gasteiger partial charge < -0.3 is 20.9 Å². The van der Waals surface area contributed by atoms with Crippen molar-refractivity contribution in [3.8, 4) is 11.5 Å². The summed E-state index contributed by atoms with van der Waals surface area (Å²) in [5, 5.41) is 0. The van der Waals surface area contributed by atoms with Crippen molar-refractivity contribution in [3.05, 3.63) is 71.2 Å². The fourth-order valence-corrected chi connectivity index (χ4v) is 5.43. The molecule has 0 atom stereocenters. The molecule has 0 unspecified atom stereocenters. The van der Waals surface area contributed by atoms with E-state index >= 15 is 0 Å². The molecule has 0 heterocycles. The number of hydrogen-bond acceptors (Lipinski definition) is 4. The molecule has 0 saturated carbocycles. The lowest BCUT2D eigenvalue weighted by Crippen LogP contribution is -2.72. The maximum absolute atomic E-state index is 14.8. The highest BCUT2D eigenvalue weighted by Crippen LogP contribution is 2.66. The summed E-state index contributed by atoms with van der Waals surface area (Å²) in [5.41, 5.74) is -6.25. The molecular formula is C33H10F40N2O2. The Labute approximate surface area is 392 Å². The maximum Gasteiger partial charge on any atom is 0.460 e. The van der Waals surface area contributed by atoms with E-state index in [1.807, 2.05) is 0 Å². The first kappa shape index (κ1) is 67.4. The molecule has 4 nitrogen and oxygen atoms in total. The van der Waals surface area contributed by atoms with Crippen molar-refractivity contribution in [2.75, 3.05) is 11.5 Å². The number of nitrogen functional groups attached to an aromatic ring is 2. The van der Waals surface area contributed by atoms with Crippen LogP contribution in [-0.4, -0.2) is 95.8 Å². The predicted octanol–water partition coefficient (Wildman–Crippen LogP) is 16.0. The summed E-state index contributed by atoms with van der Waals surface area (Å²) in [4.78, 5) is 0. The van der Waals surface area contributed by atoms with E-state index in [1.54, 1.807) is 0 Å². The SMILES string of the molecule is Nc1ccc(C(c2ccc(N)c(OC(F)=C(F)C(F)(F)C(F)(F)C(F)(F)C(F)(F)C(F)(F)C(F)(F)C(F)(F)F)c2)(C(F)(F)F)C(F)(F)F)cc1OC(F)=C(F)C(F)(F)C(F)(F)C(F)(F)C(F)(F)C(F)(F)C(F)(F)C(F)(F)F. The van der Waals surface area contributed by atoms with Gasteiger partial charge in [0.25, 0.3) is 0 Å². The zero-order valence-electron chi connectivity index (χ0n) is 34.1. The summed E-state index contributed by atoms with van der Waals surface area (Å²) in [5.74, 6) is -123. The standard InChI is InChI=1S/C33H10F40N2O2/c34-13(18(38,39)20(42,43)22(46,47)24(50,51)26(54,55)28(58,59)32(68,69)70)15(36)76-11-5-7(1-3-9(11)74)17(30(62,63)64,31(65,66)67)8-2-4-10(75)12(6-8)77-16(37)14(35)19(40,41)21(44,45)23(48,49)25(52,53)27(56,57)29(60,61)33(71,72)73/h1-6H,74-75H2. The predicted molar refractivity (Wildman–Crippen MR) is 166 cm³/mol. The van der Waals surface area contributed by atoms with Crippen LogP contribution in [0, 0.1) is 0 Å². The second-order valence-corrected chi connectivity index (χ2v) is 14.5. The largest absolute Gasteiger partial charge is 0.460 e. The molecule has 2 aromatic rings. The lowest BCUT2D eigenvalue weighted by molar-refractivity contribution is -0.451. The minimum Gasteiger partial charge on any atom is -0.427 e. The Balaban J connectivity index is 2.95. The Bertz CT molecular complexity index is 2400. The number of rotatable bonds is 18. The summed E-state index contributed by atoms with van der Waals surface area (Å²) in [6.45, 7) is 0. The fourth-order valence-electron chi connectivity index (χ4n) is 5.43. The van der Waals surface area contributed by atoms with Gasteiger partial charge in [-0.15, -0.1) is 0 Å². The molecular weight excluding hydrogens is 1220 g/mol. The molecule has 77 heavy (non-hydrogen) atoms. The van der Waals surface area contributed by atoms with Gasteiger partial charge in [0.05, 0.1) is 11.4 Å². The van der Waals surface area contributed by atoms with Crippen molar-refractivity contribution in [1.82, 2.24) is 0 Å². The molecule has 2 rings (SSSR count). The van der Waals surface area contributed by atoms with Crippen molar-refractivity contribution in [2.24, 2.45) is 0 Å². The first-order valence-corrected chi connectivity index (χ1v) is 17.4. The molecule has 0 radical (unpaired) electrons. The lowest BCUT2D eigenvalue weighted by atomic mass is 9.72. The number of benzene rings is 2. The van der Waals surface area contributed by atoms with Crippen molar-refractivity contribution < 1.29 is 185 Å². The van der Waals surface area contributed by atoms with Gasteiger partial charge in [0.1, 0.15) is 0 Å². The molecule has 0 fully saturated rings. The van der Waals surface area contributed by atoms with Gasteiger partial charge in [-0.1, -0.05) is 12.1 Å². The Morgan fingerprint density at radius 3 is 0.701 bits per heavy atom. The van der Waals surface area contributed by atoms with Gasteiger partial charge in [-0.05, 0) is 35.4 Å². The molecule has 444 valence electrons. The average molecular weight is 1230 g/mol. The van der Waals surface area contributed by atoms with Crippen LogP contribution in [0.3, 0.4) is 0 Å². The highest BCUT2D eigenvalue weighted by Gasteiger charge is 2.95. The molecule has 44 heteroatoms. The number of allylic oxidation sites excluding steroid dienone is 2. The quantitative estimate of drug-likeness (QED) is 0.0886. The van der Waals surface area contributed by atoms with E-state index in [-0.39, 0.29) is 0 Å². The van der Waals surface area contributed by atoms with Crippen LogP contribution >= 0.6 is 0 Å². The number of nitrogens with two attached hydrogens (primary N) is 2. The Kier molecular flexibility index (Phi) is 16.4. The first-order valence-electron chi connectivity index (χ1n) is 17.4. The normalized spacial score (nSPS) is 16.3. The third kappa shape index (κ3) is 9.45. The van der Waals surface area contributed by atoms with Crippen LogP contribution in [0.25, 0.3) is 0 Å². The fraction of sp³-hybridized carbons (Fsp3) is 0.515. The number of halogens is 40. The molecule has 0 aliphatic rings. The lowest BCUT2D eigenvalue weighted by Gasteiger charge is -2.41. The molecule has 2 aromatic carbocycles. The third-order valence-corrected chi connectivity index (χ3v) is 9.69. The molecule has 0 saturated heterocycles. The van der Waals surface area contributed by atoms with Gasteiger partial charge in [0, 0.05) is 0 Å². The van der Waals surface area contributed by atoms with Crippen LogP contribution in [0.5, 0.6) is 11.5 Å². The van der Waals surface area contributed by atoms with Gasteiger partial charge in [-0.3, -0.25) is 0 Å². The van der Waals surface area contributed by atoms with Crippen molar-refractivity contribution in [1.29, 1.82) is 0 Å². The van der Waals surface area contributed by atoms with Gasteiger partial charge >= 0.3 is 108 Å².